The first-order chi connectivity index (χ1) is 9.63. The van der Waals surface area contributed by atoms with Crippen molar-refractivity contribution < 1.29 is 19.4 Å². The minimum Gasteiger partial charge on any atom is -0.481 e. The van der Waals surface area contributed by atoms with Gasteiger partial charge in [0, 0.05) is 32.3 Å². The second-order valence-electron chi connectivity index (χ2n) is 4.47. The Hall–Kier alpha value is -2.07. The normalized spacial score (nSPS) is 18.4. The Labute approximate surface area is 117 Å². The molecule has 0 aromatic heterocycles. The van der Waals surface area contributed by atoms with E-state index in [1.807, 2.05) is 0 Å². The molecule has 0 aromatic carbocycles. The maximum atomic E-state index is 11.7. The number of hydrogen-bond acceptors (Lipinski definition) is 5. The Morgan fingerprint density at radius 1 is 1.50 bits per heavy atom. The van der Waals surface area contributed by atoms with E-state index in [1.165, 1.54) is 6.20 Å². The van der Waals surface area contributed by atoms with Crippen LogP contribution >= 0.6 is 0 Å². The summed E-state index contributed by atoms with van der Waals surface area (Å²) in [4.78, 5) is 22.0. The Balaban J connectivity index is 2.26. The summed E-state index contributed by atoms with van der Waals surface area (Å²) in [5.41, 5.74) is -0.0293. The van der Waals surface area contributed by atoms with Crippen LogP contribution < -0.4 is 10.6 Å². The number of hydrogen-bond donors (Lipinski definition) is 3. The number of carboxylic acids is 1. The van der Waals surface area contributed by atoms with Crippen molar-refractivity contribution in [2.45, 2.75) is 31.8 Å². The van der Waals surface area contributed by atoms with E-state index in [0.717, 1.165) is 12.8 Å². The Morgan fingerprint density at radius 3 is 2.90 bits per heavy atom. The van der Waals surface area contributed by atoms with Crippen molar-refractivity contribution in [3.05, 3.63) is 11.8 Å². The second kappa shape index (κ2) is 8.93. The van der Waals surface area contributed by atoms with Crippen molar-refractivity contribution in [3.8, 4) is 6.07 Å². The lowest BCUT2D eigenvalue weighted by Gasteiger charge is -2.10. The highest BCUT2D eigenvalue weighted by atomic mass is 16.5. The molecule has 1 saturated heterocycles. The molecule has 110 valence electrons. The Kier molecular flexibility index (Phi) is 7.14. The first kappa shape index (κ1) is 16.0. The van der Waals surface area contributed by atoms with E-state index in [-0.39, 0.29) is 18.1 Å². The van der Waals surface area contributed by atoms with Gasteiger partial charge in [0.25, 0.3) is 5.91 Å². The summed E-state index contributed by atoms with van der Waals surface area (Å²) in [7, 11) is 0. The molecule has 0 saturated carbocycles. The average molecular weight is 281 g/mol. The molecule has 0 radical (unpaired) electrons. The molecule has 20 heavy (non-hydrogen) atoms. The summed E-state index contributed by atoms with van der Waals surface area (Å²) in [6.45, 7) is 1.51. The number of carbonyl (C=O) groups excluding carboxylic acids is 1. The molecule has 7 heteroatoms. The summed E-state index contributed by atoms with van der Waals surface area (Å²) < 4.78 is 5.36. The number of carbonyl (C=O) groups is 2. The zero-order valence-corrected chi connectivity index (χ0v) is 11.2. The number of rotatable bonds is 8. The summed E-state index contributed by atoms with van der Waals surface area (Å²) in [6, 6.07) is 1.81. The number of nitrogens with zero attached hydrogens (tertiary/aromatic N) is 1. The van der Waals surface area contributed by atoms with Gasteiger partial charge in [-0.15, -0.1) is 0 Å². The van der Waals surface area contributed by atoms with E-state index >= 15 is 0 Å². The quantitative estimate of drug-likeness (QED) is 0.331. The molecule has 0 spiro atoms. The smallest absolute Gasteiger partial charge is 0.303 e. The van der Waals surface area contributed by atoms with Gasteiger partial charge in [-0.25, -0.2) is 0 Å². The highest BCUT2D eigenvalue weighted by Gasteiger charge is 2.17. The van der Waals surface area contributed by atoms with Gasteiger partial charge in [0.1, 0.15) is 11.6 Å². The summed E-state index contributed by atoms with van der Waals surface area (Å²) >= 11 is 0. The number of aliphatic carboxylic acids is 1. The fourth-order valence-corrected chi connectivity index (χ4v) is 1.77. The molecule has 1 aliphatic heterocycles. The molecule has 1 fully saturated rings. The monoisotopic (exact) mass is 281 g/mol. The average Bonchev–Trinajstić information content (AvgIpc) is 2.93. The number of nitriles is 1. The Morgan fingerprint density at radius 2 is 2.30 bits per heavy atom. The summed E-state index contributed by atoms with van der Waals surface area (Å²) in [5, 5.41) is 22.8. The standard InChI is InChI=1S/C13H19N3O4/c14-7-10(8-15-5-1-4-12(17)18)13(19)16-9-11-3-2-6-20-11/h8,11,15H,1-6,9H2,(H,16,19)(H,17,18)/b10-8-. The lowest BCUT2D eigenvalue weighted by molar-refractivity contribution is -0.137. The van der Waals surface area contributed by atoms with Crippen LogP contribution in [0.5, 0.6) is 0 Å². The summed E-state index contributed by atoms with van der Waals surface area (Å²) in [5.74, 6) is -1.32. The third-order valence-corrected chi connectivity index (χ3v) is 2.84. The van der Waals surface area contributed by atoms with E-state index in [0.29, 0.717) is 26.1 Å². The Bertz CT molecular complexity index is 408. The molecule has 1 unspecified atom stereocenters. The number of carboxylic acid groups (broad SMARTS) is 1. The van der Waals surface area contributed by atoms with E-state index in [1.54, 1.807) is 6.07 Å². The van der Waals surface area contributed by atoms with Gasteiger partial charge in [-0.3, -0.25) is 9.59 Å². The van der Waals surface area contributed by atoms with Crippen molar-refractivity contribution in [3.63, 3.8) is 0 Å². The molecule has 0 aromatic rings. The zero-order valence-electron chi connectivity index (χ0n) is 11.2. The first-order valence-electron chi connectivity index (χ1n) is 6.58. The predicted molar refractivity (Wildman–Crippen MR) is 70.6 cm³/mol. The minimum absolute atomic E-state index is 0.0293. The fraction of sp³-hybridized carbons (Fsp3) is 0.615. The van der Waals surface area contributed by atoms with Crippen molar-refractivity contribution in [1.82, 2.24) is 10.6 Å². The third kappa shape index (κ3) is 6.20. The van der Waals surface area contributed by atoms with Crippen LogP contribution in [0.1, 0.15) is 25.7 Å². The van der Waals surface area contributed by atoms with Gasteiger partial charge in [0.15, 0.2) is 0 Å². The lowest BCUT2D eigenvalue weighted by atomic mass is 10.2. The maximum Gasteiger partial charge on any atom is 0.303 e. The maximum absolute atomic E-state index is 11.7. The second-order valence-corrected chi connectivity index (χ2v) is 4.47. The van der Waals surface area contributed by atoms with Crippen LogP contribution in [-0.2, 0) is 14.3 Å². The lowest BCUT2D eigenvalue weighted by Crippen LogP contribution is -2.33. The number of nitrogens with one attached hydrogen (secondary N) is 2. The minimum atomic E-state index is -0.870. The molecular weight excluding hydrogens is 262 g/mol. The first-order valence-corrected chi connectivity index (χ1v) is 6.58. The van der Waals surface area contributed by atoms with Crippen LogP contribution in [0, 0.1) is 11.3 Å². The van der Waals surface area contributed by atoms with Gasteiger partial charge < -0.3 is 20.5 Å². The molecular formula is C13H19N3O4. The number of ether oxygens (including phenoxy) is 1. The molecule has 0 aliphatic carbocycles. The van der Waals surface area contributed by atoms with Crippen LogP contribution in [0.3, 0.4) is 0 Å². The molecule has 1 heterocycles. The largest absolute Gasteiger partial charge is 0.481 e. The van der Waals surface area contributed by atoms with Gasteiger partial charge in [-0.2, -0.15) is 5.26 Å². The SMILES string of the molecule is N#C/C(=C/NCCCC(=O)O)C(=O)NCC1CCCO1. The van der Waals surface area contributed by atoms with Crippen LogP contribution in [0.4, 0.5) is 0 Å². The molecule has 1 aliphatic rings. The van der Waals surface area contributed by atoms with Crippen molar-refractivity contribution in [2.24, 2.45) is 0 Å². The molecule has 0 bridgehead atoms. The van der Waals surface area contributed by atoms with Gasteiger partial charge >= 0.3 is 5.97 Å². The number of amides is 1. The van der Waals surface area contributed by atoms with Gasteiger partial charge in [0.05, 0.1) is 6.10 Å². The van der Waals surface area contributed by atoms with E-state index in [9.17, 15) is 9.59 Å². The van der Waals surface area contributed by atoms with Gasteiger partial charge in [-0.05, 0) is 19.3 Å². The molecule has 3 N–H and O–H groups in total. The van der Waals surface area contributed by atoms with Crippen LogP contribution in [-0.4, -0.2) is 42.8 Å². The van der Waals surface area contributed by atoms with Crippen LogP contribution in [0.2, 0.25) is 0 Å². The van der Waals surface area contributed by atoms with Crippen molar-refractivity contribution >= 4 is 11.9 Å². The highest BCUT2D eigenvalue weighted by molar-refractivity contribution is 5.97. The van der Waals surface area contributed by atoms with Crippen LogP contribution in [0.25, 0.3) is 0 Å². The third-order valence-electron chi connectivity index (χ3n) is 2.84. The topological polar surface area (TPSA) is 111 Å². The molecule has 7 nitrogen and oxygen atoms in total. The van der Waals surface area contributed by atoms with E-state index < -0.39 is 11.9 Å². The van der Waals surface area contributed by atoms with E-state index in [2.05, 4.69) is 10.6 Å². The van der Waals surface area contributed by atoms with Gasteiger partial charge in [-0.1, -0.05) is 0 Å². The zero-order chi connectivity index (χ0) is 14.8. The highest BCUT2D eigenvalue weighted by Crippen LogP contribution is 2.10. The van der Waals surface area contributed by atoms with E-state index in [4.69, 9.17) is 15.1 Å². The molecule has 1 atom stereocenters. The fourth-order valence-electron chi connectivity index (χ4n) is 1.77. The summed E-state index contributed by atoms with van der Waals surface area (Å²) in [6.07, 6.45) is 3.73. The van der Waals surface area contributed by atoms with Crippen molar-refractivity contribution in [2.75, 3.05) is 19.7 Å². The predicted octanol–water partition coefficient (Wildman–Crippen LogP) is 0.143. The van der Waals surface area contributed by atoms with Gasteiger partial charge in [0.2, 0.25) is 0 Å². The van der Waals surface area contributed by atoms with Crippen LogP contribution in [0.15, 0.2) is 11.8 Å². The molecule has 1 rings (SSSR count). The van der Waals surface area contributed by atoms with Crippen molar-refractivity contribution in [1.29, 1.82) is 5.26 Å². The molecule has 1 amide bonds.